The van der Waals surface area contributed by atoms with Crippen LogP contribution >= 0.6 is 22.9 Å². The molecule has 2 aromatic heterocycles. The first-order valence-electron chi connectivity index (χ1n) is 9.97. The van der Waals surface area contributed by atoms with Crippen molar-refractivity contribution in [1.29, 1.82) is 0 Å². The average Bonchev–Trinajstić information content (AvgIpc) is 3.53. The smallest absolute Gasteiger partial charge is 0.259 e. The number of hydrogen-bond acceptors (Lipinski definition) is 6. The van der Waals surface area contributed by atoms with Crippen molar-refractivity contribution in [3.63, 3.8) is 0 Å². The summed E-state index contributed by atoms with van der Waals surface area (Å²) in [5.41, 5.74) is 1.43. The molecule has 0 radical (unpaired) electrons. The topological polar surface area (TPSA) is 92.5 Å². The summed E-state index contributed by atoms with van der Waals surface area (Å²) in [5.74, 6) is 0.0682. The lowest BCUT2D eigenvalue weighted by Crippen LogP contribution is -2.28. The molecule has 164 valence electrons. The number of hydrogen-bond donors (Lipinski definition) is 1. The van der Waals surface area contributed by atoms with E-state index in [-0.39, 0.29) is 15.5 Å². The molecule has 1 saturated heterocycles. The Balaban J connectivity index is 1.38. The number of benzene rings is 2. The third-order valence-corrected chi connectivity index (χ3v) is 8.27. The highest BCUT2D eigenvalue weighted by Gasteiger charge is 2.28. The number of thiazole rings is 1. The van der Waals surface area contributed by atoms with Crippen LogP contribution in [-0.2, 0) is 10.0 Å². The number of nitrogens with zero attached hydrogens (tertiary/aromatic N) is 2. The molecule has 2 aromatic carbocycles. The number of furan rings is 1. The van der Waals surface area contributed by atoms with Crippen LogP contribution in [0.15, 0.2) is 63.2 Å². The molecule has 1 fully saturated rings. The minimum atomic E-state index is -3.66. The molecule has 3 heterocycles. The van der Waals surface area contributed by atoms with Crippen LogP contribution in [0.4, 0.5) is 5.13 Å². The standard InChI is InChI=1S/C22H18ClN3O4S2/c23-17-8-7-15(32(28,29)26-9-3-4-10-26)12-16(17)21(27)25-22-24-18(13-31-22)20-11-14-5-1-2-6-19(14)30-20/h1-2,5-8,11-13H,3-4,9-10H2,(H,24,25,27). The second-order valence-corrected chi connectivity index (χ2v) is 10.6. The Morgan fingerprint density at radius 1 is 1.12 bits per heavy atom. The number of rotatable bonds is 5. The van der Waals surface area contributed by atoms with E-state index in [9.17, 15) is 13.2 Å². The summed E-state index contributed by atoms with van der Waals surface area (Å²) in [4.78, 5) is 17.3. The molecule has 0 bridgehead atoms. The van der Waals surface area contributed by atoms with Gasteiger partial charge in [0.05, 0.1) is 15.5 Å². The molecular formula is C22H18ClN3O4S2. The van der Waals surface area contributed by atoms with E-state index in [1.54, 1.807) is 5.38 Å². The van der Waals surface area contributed by atoms with Crippen LogP contribution in [0.5, 0.6) is 0 Å². The quantitative estimate of drug-likeness (QED) is 0.415. The molecule has 0 saturated carbocycles. The van der Waals surface area contributed by atoms with Gasteiger partial charge in [-0.3, -0.25) is 10.1 Å². The molecule has 1 N–H and O–H groups in total. The van der Waals surface area contributed by atoms with E-state index >= 15 is 0 Å². The van der Waals surface area contributed by atoms with Crippen LogP contribution in [-0.4, -0.2) is 36.7 Å². The van der Waals surface area contributed by atoms with Gasteiger partial charge >= 0.3 is 0 Å². The minimum absolute atomic E-state index is 0.0519. The Hall–Kier alpha value is -2.72. The number of sulfonamides is 1. The Bertz CT molecular complexity index is 1390. The summed E-state index contributed by atoms with van der Waals surface area (Å²) in [6, 6.07) is 13.7. The van der Waals surface area contributed by atoms with Gasteiger partial charge in [-0.15, -0.1) is 11.3 Å². The Labute approximate surface area is 193 Å². The summed E-state index contributed by atoms with van der Waals surface area (Å²) in [6.07, 6.45) is 1.66. The molecule has 7 nitrogen and oxygen atoms in total. The fourth-order valence-corrected chi connectivity index (χ4v) is 6.08. The summed E-state index contributed by atoms with van der Waals surface area (Å²) in [6.45, 7) is 0.965. The van der Waals surface area contributed by atoms with E-state index in [2.05, 4.69) is 10.3 Å². The second-order valence-electron chi connectivity index (χ2n) is 7.39. The van der Waals surface area contributed by atoms with Gasteiger partial charge in [0, 0.05) is 23.9 Å². The molecule has 0 aliphatic carbocycles. The van der Waals surface area contributed by atoms with Gasteiger partial charge in [-0.25, -0.2) is 13.4 Å². The van der Waals surface area contributed by atoms with Crippen LogP contribution < -0.4 is 5.32 Å². The number of carbonyl (C=O) groups excluding carboxylic acids is 1. The third-order valence-electron chi connectivity index (χ3n) is 5.29. The fraction of sp³-hybridized carbons (Fsp3) is 0.182. The zero-order valence-corrected chi connectivity index (χ0v) is 19.1. The fourth-order valence-electron chi connectivity index (χ4n) is 3.63. The second kappa shape index (κ2) is 8.32. The van der Waals surface area contributed by atoms with Crippen molar-refractivity contribution >= 4 is 55.0 Å². The molecule has 1 aliphatic heterocycles. The molecule has 0 atom stereocenters. The van der Waals surface area contributed by atoms with E-state index in [0.29, 0.717) is 29.7 Å². The van der Waals surface area contributed by atoms with Gasteiger partial charge in [-0.2, -0.15) is 4.31 Å². The molecule has 5 rings (SSSR count). The number of halogens is 1. The minimum Gasteiger partial charge on any atom is -0.454 e. The van der Waals surface area contributed by atoms with Crippen LogP contribution in [0.3, 0.4) is 0 Å². The number of para-hydroxylation sites is 1. The van der Waals surface area contributed by atoms with Gasteiger partial charge in [-0.05, 0) is 43.2 Å². The molecule has 0 spiro atoms. The van der Waals surface area contributed by atoms with Gasteiger partial charge in [-0.1, -0.05) is 29.8 Å². The summed E-state index contributed by atoms with van der Waals surface area (Å²) < 4.78 is 32.9. The molecule has 0 unspecified atom stereocenters. The lowest BCUT2D eigenvalue weighted by molar-refractivity contribution is 0.102. The van der Waals surface area contributed by atoms with Gasteiger partial charge in [0.2, 0.25) is 10.0 Å². The number of aromatic nitrogens is 1. The van der Waals surface area contributed by atoms with Gasteiger partial charge < -0.3 is 4.42 Å². The Morgan fingerprint density at radius 2 is 1.91 bits per heavy atom. The van der Waals surface area contributed by atoms with Crippen molar-refractivity contribution in [3.05, 3.63) is 64.5 Å². The highest BCUT2D eigenvalue weighted by molar-refractivity contribution is 7.89. The van der Waals surface area contributed by atoms with Crippen LogP contribution in [0.2, 0.25) is 5.02 Å². The summed E-state index contributed by atoms with van der Waals surface area (Å²) in [5, 5.41) is 5.97. The SMILES string of the molecule is O=C(Nc1nc(-c2cc3ccccc3o2)cs1)c1cc(S(=O)(=O)N2CCCC2)ccc1Cl. The zero-order valence-electron chi connectivity index (χ0n) is 16.7. The molecule has 1 amide bonds. The van der Waals surface area contributed by atoms with Gasteiger partial charge in [0.25, 0.3) is 5.91 Å². The van der Waals surface area contributed by atoms with Crippen LogP contribution in [0.1, 0.15) is 23.2 Å². The summed E-state index contributed by atoms with van der Waals surface area (Å²) >= 11 is 7.45. The maximum absolute atomic E-state index is 12.9. The van der Waals surface area contributed by atoms with E-state index in [1.165, 1.54) is 33.8 Å². The van der Waals surface area contributed by atoms with Crippen molar-refractivity contribution < 1.29 is 17.6 Å². The number of fused-ring (bicyclic) bond motifs is 1. The van der Waals surface area contributed by atoms with Crippen LogP contribution in [0, 0.1) is 0 Å². The molecule has 4 aromatic rings. The zero-order chi connectivity index (χ0) is 22.3. The molecule has 10 heteroatoms. The first kappa shape index (κ1) is 21.1. The Morgan fingerprint density at radius 3 is 2.69 bits per heavy atom. The van der Waals surface area contributed by atoms with Crippen molar-refractivity contribution in [2.75, 3.05) is 18.4 Å². The molecule has 32 heavy (non-hydrogen) atoms. The average molecular weight is 488 g/mol. The maximum Gasteiger partial charge on any atom is 0.259 e. The van der Waals surface area contributed by atoms with Gasteiger partial charge in [0.1, 0.15) is 11.3 Å². The first-order chi connectivity index (χ1) is 15.4. The largest absolute Gasteiger partial charge is 0.454 e. The molecule has 1 aliphatic rings. The van der Waals surface area contributed by atoms with Crippen molar-refractivity contribution in [2.45, 2.75) is 17.7 Å². The van der Waals surface area contributed by atoms with E-state index in [1.807, 2.05) is 30.3 Å². The van der Waals surface area contributed by atoms with E-state index in [0.717, 1.165) is 23.8 Å². The Kier molecular flexibility index (Phi) is 5.50. The lowest BCUT2D eigenvalue weighted by Gasteiger charge is -2.16. The molecular weight excluding hydrogens is 470 g/mol. The monoisotopic (exact) mass is 487 g/mol. The number of amides is 1. The normalized spacial score (nSPS) is 14.8. The van der Waals surface area contributed by atoms with E-state index in [4.69, 9.17) is 16.0 Å². The van der Waals surface area contributed by atoms with Crippen LogP contribution in [0.25, 0.3) is 22.4 Å². The van der Waals surface area contributed by atoms with Crippen molar-refractivity contribution in [2.24, 2.45) is 0 Å². The first-order valence-corrected chi connectivity index (χ1v) is 12.7. The number of anilines is 1. The maximum atomic E-state index is 12.9. The summed E-state index contributed by atoms with van der Waals surface area (Å²) in [7, 11) is -3.66. The van der Waals surface area contributed by atoms with Crippen molar-refractivity contribution in [1.82, 2.24) is 9.29 Å². The predicted molar refractivity (Wildman–Crippen MR) is 125 cm³/mol. The predicted octanol–water partition coefficient (Wildman–Crippen LogP) is 5.25. The third kappa shape index (κ3) is 3.93. The highest BCUT2D eigenvalue weighted by Crippen LogP contribution is 2.31. The lowest BCUT2D eigenvalue weighted by atomic mass is 10.2. The number of nitrogens with one attached hydrogen (secondary N) is 1. The van der Waals surface area contributed by atoms with E-state index < -0.39 is 15.9 Å². The highest BCUT2D eigenvalue weighted by atomic mass is 35.5. The van der Waals surface area contributed by atoms with Gasteiger partial charge in [0.15, 0.2) is 10.9 Å². The van der Waals surface area contributed by atoms with Crippen molar-refractivity contribution in [3.8, 4) is 11.5 Å². The number of carbonyl (C=O) groups is 1.